The molecule has 2 aromatic rings. The molecule has 212 valence electrons. The van der Waals surface area contributed by atoms with Crippen molar-refractivity contribution in [1.82, 2.24) is 4.90 Å². The third-order valence-electron chi connectivity index (χ3n) is 8.12. The zero-order valence-corrected chi connectivity index (χ0v) is 26.3. The Morgan fingerprint density at radius 3 is 2.08 bits per heavy atom. The normalized spacial score (nSPS) is 20.4. The maximum Gasteiger partial charge on any atom is 0.174 e. The van der Waals surface area contributed by atoms with Gasteiger partial charge in [-0.25, -0.2) is 4.39 Å². The summed E-state index contributed by atoms with van der Waals surface area (Å²) in [7, 11) is 2.02. The number of halogens is 2. The number of carbonyl (C=O) groups excluding carboxylic acids is 2. The second-order valence-electron chi connectivity index (χ2n) is 12.8. The van der Waals surface area contributed by atoms with Gasteiger partial charge in [0.15, 0.2) is 23.1 Å². The van der Waals surface area contributed by atoms with E-state index >= 15 is 0 Å². The van der Waals surface area contributed by atoms with E-state index < -0.39 is 5.92 Å². The van der Waals surface area contributed by atoms with Gasteiger partial charge in [-0.2, -0.15) is 0 Å². The lowest BCUT2D eigenvalue weighted by Crippen LogP contribution is -2.43. The summed E-state index contributed by atoms with van der Waals surface area (Å²) in [6, 6.07) is 10.3. The number of nitrogens with zero attached hydrogens (tertiary/aromatic N) is 1. The van der Waals surface area contributed by atoms with E-state index in [4.69, 9.17) is 9.47 Å². The molecule has 2 aliphatic carbocycles. The van der Waals surface area contributed by atoms with Gasteiger partial charge >= 0.3 is 0 Å². The minimum absolute atomic E-state index is 0.103. The van der Waals surface area contributed by atoms with Gasteiger partial charge in [0.05, 0.1) is 10.2 Å². The number of benzene rings is 2. The maximum atomic E-state index is 13.8. The Balaban J connectivity index is 1.64. The van der Waals surface area contributed by atoms with E-state index in [0.717, 1.165) is 44.5 Å². The topological polar surface area (TPSA) is 55.8 Å². The van der Waals surface area contributed by atoms with Crippen molar-refractivity contribution in [1.29, 1.82) is 0 Å². The molecule has 7 heteroatoms. The molecular weight excluding hydrogens is 620 g/mol. The standard InChI is InChI=1S/C33H37FINO4/c1-7-39-27-13-20(12-22(35)31(27)40-18-19-9-8-10-21(34)11-19)28-29-23(14-32(2,3)16-25(29)37)36(6)24-15-33(4,5)17-26(38)30(24)28/h8-13,28H,7,14-18H2,1-6H3. The summed E-state index contributed by atoms with van der Waals surface area (Å²) in [6.07, 6.45) is 2.44. The van der Waals surface area contributed by atoms with Crippen LogP contribution in [0.25, 0.3) is 0 Å². The van der Waals surface area contributed by atoms with Crippen molar-refractivity contribution in [2.75, 3.05) is 13.7 Å². The number of Topliss-reactive ketones (excluding diaryl/α,β-unsaturated/α-hetero) is 2. The Morgan fingerprint density at radius 2 is 1.52 bits per heavy atom. The van der Waals surface area contributed by atoms with Crippen LogP contribution in [-0.2, 0) is 16.2 Å². The summed E-state index contributed by atoms with van der Waals surface area (Å²) in [5.41, 5.74) is 4.79. The first-order chi connectivity index (χ1) is 18.8. The number of hydrogen-bond donors (Lipinski definition) is 0. The Kier molecular flexibility index (Phi) is 7.66. The highest BCUT2D eigenvalue weighted by molar-refractivity contribution is 14.1. The van der Waals surface area contributed by atoms with Crippen molar-refractivity contribution in [3.05, 3.63) is 79.5 Å². The predicted octanol–water partition coefficient (Wildman–Crippen LogP) is 7.72. The number of ether oxygens (including phenoxy) is 2. The summed E-state index contributed by atoms with van der Waals surface area (Å²) in [6.45, 7) is 11.1. The molecule has 0 unspecified atom stereocenters. The number of ketones is 2. The first kappa shape index (κ1) is 28.8. The van der Waals surface area contributed by atoms with Crippen molar-refractivity contribution < 1.29 is 23.5 Å². The molecule has 0 saturated carbocycles. The van der Waals surface area contributed by atoms with Gasteiger partial charge in [-0.15, -0.1) is 0 Å². The van der Waals surface area contributed by atoms with Gasteiger partial charge in [0.25, 0.3) is 0 Å². The maximum absolute atomic E-state index is 13.8. The molecule has 0 aromatic heterocycles. The van der Waals surface area contributed by atoms with Crippen molar-refractivity contribution in [2.24, 2.45) is 10.8 Å². The van der Waals surface area contributed by atoms with Crippen molar-refractivity contribution in [3.8, 4) is 11.5 Å². The van der Waals surface area contributed by atoms with Gasteiger partial charge in [0.2, 0.25) is 0 Å². The molecule has 0 saturated heterocycles. The Bertz CT molecular complexity index is 1400. The molecule has 0 atom stereocenters. The highest BCUT2D eigenvalue weighted by atomic mass is 127. The van der Waals surface area contributed by atoms with Gasteiger partial charge in [-0.1, -0.05) is 39.8 Å². The van der Waals surface area contributed by atoms with Crippen LogP contribution in [0.5, 0.6) is 11.5 Å². The first-order valence-corrected chi connectivity index (χ1v) is 15.0. The fraction of sp³-hybridized carbons (Fsp3) is 0.455. The summed E-state index contributed by atoms with van der Waals surface area (Å²) in [5.74, 6) is 0.569. The van der Waals surface area contributed by atoms with Gasteiger partial charge in [-0.05, 0) is 88.6 Å². The fourth-order valence-corrected chi connectivity index (χ4v) is 7.22. The summed E-state index contributed by atoms with van der Waals surface area (Å²) in [4.78, 5) is 29.8. The monoisotopic (exact) mass is 657 g/mol. The Morgan fingerprint density at radius 1 is 0.925 bits per heavy atom. The molecule has 2 aromatic carbocycles. The van der Waals surface area contributed by atoms with E-state index in [9.17, 15) is 14.0 Å². The van der Waals surface area contributed by atoms with Gasteiger partial charge in [0, 0.05) is 48.3 Å². The van der Waals surface area contributed by atoms with Crippen LogP contribution in [0.3, 0.4) is 0 Å². The molecule has 1 aliphatic heterocycles. The third kappa shape index (κ3) is 5.46. The number of allylic oxidation sites excluding steroid dienone is 4. The molecule has 1 heterocycles. The molecule has 0 N–H and O–H groups in total. The van der Waals surface area contributed by atoms with E-state index in [0.29, 0.717) is 36.5 Å². The average Bonchev–Trinajstić information content (AvgIpc) is 2.84. The number of rotatable bonds is 6. The number of carbonyl (C=O) groups is 2. The molecule has 0 radical (unpaired) electrons. The predicted molar refractivity (Wildman–Crippen MR) is 162 cm³/mol. The van der Waals surface area contributed by atoms with Crippen LogP contribution in [0.1, 0.15) is 77.3 Å². The second kappa shape index (κ2) is 10.6. The van der Waals surface area contributed by atoms with Gasteiger partial charge < -0.3 is 14.4 Å². The van der Waals surface area contributed by atoms with Crippen LogP contribution < -0.4 is 9.47 Å². The van der Waals surface area contributed by atoms with Gasteiger partial charge in [0.1, 0.15) is 12.4 Å². The lowest BCUT2D eigenvalue weighted by atomic mass is 9.64. The largest absolute Gasteiger partial charge is 0.490 e. The molecule has 5 nitrogen and oxygen atoms in total. The average molecular weight is 658 g/mol. The number of hydrogen-bond acceptors (Lipinski definition) is 5. The van der Waals surface area contributed by atoms with E-state index in [1.165, 1.54) is 12.1 Å². The van der Waals surface area contributed by atoms with Crippen molar-refractivity contribution in [3.63, 3.8) is 0 Å². The summed E-state index contributed by atoms with van der Waals surface area (Å²) in [5, 5.41) is 0. The lowest BCUT2D eigenvalue weighted by molar-refractivity contribution is -0.119. The second-order valence-corrected chi connectivity index (χ2v) is 13.9. The van der Waals surface area contributed by atoms with Crippen LogP contribution >= 0.6 is 22.6 Å². The van der Waals surface area contributed by atoms with E-state index in [1.807, 2.05) is 32.2 Å². The SMILES string of the molecule is CCOc1cc(C2C3=C(CC(C)(C)CC3=O)N(C)C3=C2C(=O)CC(C)(C)C3)cc(I)c1OCc1cccc(F)c1. The van der Waals surface area contributed by atoms with Crippen molar-refractivity contribution in [2.45, 2.75) is 72.8 Å². The summed E-state index contributed by atoms with van der Waals surface area (Å²) >= 11 is 2.23. The van der Waals surface area contributed by atoms with Crippen LogP contribution in [0, 0.1) is 20.2 Å². The molecule has 5 rings (SSSR count). The van der Waals surface area contributed by atoms with E-state index in [1.54, 1.807) is 6.07 Å². The molecular formula is C33H37FINO4. The highest BCUT2D eigenvalue weighted by Gasteiger charge is 2.48. The van der Waals surface area contributed by atoms with Crippen molar-refractivity contribution >= 4 is 34.2 Å². The van der Waals surface area contributed by atoms with Gasteiger partial charge in [-0.3, -0.25) is 9.59 Å². The minimum atomic E-state index is -0.446. The molecule has 0 amide bonds. The molecule has 0 spiro atoms. The van der Waals surface area contributed by atoms with Crippen LogP contribution in [0.4, 0.5) is 4.39 Å². The zero-order chi connectivity index (χ0) is 29.0. The highest BCUT2D eigenvalue weighted by Crippen LogP contribution is 2.54. The minimum Gasteiger partial charge on any atom is -0.490 e. The summed E-state index contributed by atoms with van der Waals surface area (Å²) < 4.78 is 26.8. The molecule has 0 bridgehead atoms. The van der Waals surface area contributed by atoms with Crippen LogP contribution in [0.2, 0.25) is 0 Å². The molecule has 40 heavy (non-hydrogen) atoms. The van der Waals surface area contributed by atoms with Crippen LogP contribution in [-0.4, -0.2) is 30.1 Å². The smallest absolute Gasteiger partial charge is 0.174 e. The molecule has 3 aliphatic rings. The third-order valence-corrected chi connectivity index (χ3v) is 8.92. The lowest BCUT2D eigenvalue weighted by Gasteiger charge is -2.48. The fourth-order valence-electron chi connectivity index (χ4n) is 6.44. The Labute approximate surface area is 249 Å². The Hall–Kier alpha value is -2.68. The zero-order valence-electron chi connectivity index (χ0n) is 24.1. The van der Waals surface area contributed by atoms with E-state index in [2.05, 4.69) is 55.2 Å². The van der Waals surface area contributed by atoms with Crippen LogP contribution in [0.15, 0.2) is 58.9 Å². The van der Waals surface area contributed by atoms with E-state index in [-0.39, 0.29) is 34.8 Å². The molecule has 0 fully saturated rings. The quantitative estimate of drug-likeness (QED) is 0.298. The first-order valence-electron chi connectivity index (χ1n) is 13.9.